The van der Waals surface area contributed by atoms with Crippen LogP contribution < -0.4 is 5.73 Å². The van der Waals surface area contributed by atoms with Crippen molar-refractivity contribution in [3.63, 3.8) is 0 Å². The summed E-state index contributed by atoms with van der Waals surface area (Å²) in [4.78, 5) is 8.13. The first-order valence-corrected chi connectivity index (χ1v) is 7.31. The SMILES string of the molecule is Nc1nc2c(s1)CN(C/C=C\c1ccccc1)CC2. The summed E-state index contributed by atoms with van der Waals surface area (Å²) in [6, 6.07) is 10.4. The van der Waals surface area contributed by atoms with Gasteiger partial charge in [0.25, 0.3) is 0 Å². The number of fused-ring (bicyclic) bond motifs is 1. The van der Waals surface area contributed by atoms with Crippen molar-refractivity contribution in [2.75, 3.05) is 18.8 Å². The van der Waals surface area contributed by atoms with Crippen LogP contribution in [0.2, 0.25) is 0 Å². The summed E-state index contributed by atoms with van der Waals surface area (Å²) < 4.78 is 0. The highest BCUT2D eigenvalue weighted by Gasteiger charge is 2.18. The predicted molar refractivity (Wildman–Crippen MR) is 81.0 cm³/mol. The number of hydrogen-bond acceptors (Lipinski definition) is 4. The quantitative estimate of drug-likeness (QED) is 0.933. The third kappa shape index (κ3) is 3.03. The molecule has 2 N–H and O–H groups in total. The summed E-state index contributed by atoms with van der Waals surface area (Å²) in [5, 5.41) is 0.701. The van der Waals surface area contributed by atoms with Gasteiger partial charge in [-0.1, -0.05) is 42.5 Å². The molecule has 0 saturated carbocycles. The Morgan fingerprint density at radius 3 is 3.00 bits per heavy atom. The van der Waals surface area contributed by atoms with Gasteiger partial charge < -0.3 is 5.73 Å². The summed E-state index contributed by atoms with van der Waals surface area (Å²) in [5.41, 5.74) is 8.21. The van der Waals surface area contributed by atoms with Crippen molar-refractivity contribution in [2.45, 2.75) is 13.0 Å². The van der Waals surface area contributed by atoms with Gasteiger partial charge in [0.15, 0.2) is 5.13 Å². The van der Waals surface area contributed by atoms with E-state index in [-0.39, 0.29) is 0 Å². The van der Waals surface area contributed by atoms with Crippen LogP contribution in [0.3, 0.4) is 0 Å². The second-order valence-corrected chi connectivity index (χ2v) is 5.84. The molecule has 0 bridgehead atoms. The summed E-state index contributed by atoms with van der Waals surface area (Å²) in [6.07, 6.45) is 5.42. The largest absolute Gasteiger partial charge is 0.375 e. The lowest BCUT2D eigenvalue weighted by Gasteiger charge is -2.24. The Morgan fingerprint density at radius 1 is 1.32 bits per heavy atom. The fourth-order valence-electron chi connectivity index (χ4n) is 2.33. The molecule has 3 nitrogen and oxygen atoms in total. The van der Waals surface area contributed by atoms with Crippen molar-refractivity contribution in [1.29, 1.82) is 0 Å². The van der Waals surface area contributed by atoms with Crippen LogP contribution in [-0.2, 0) is 13.0 Å². The van der Waals surface area contributed by atoms with Crippen LogP contribution in [0.1, 0.15) is 16.1 Å². The van der Waals surface area contributed by atoms with Gasteiger partial charge in [-0.25, -0.2) is 4.98 Å². The molecular weight excluding hydrogens is 254 g/mol. The number of nitrogens with zero attached hydrogens (tertiary/aromatic N) is 2. The maximum atomic E-state index is 5.75. The van der Waals surface area contributed by atoms with Crippen molar-refractivity contribution < 1.29 is 0 Å². The highest BCUT2D eigenvalue weighted by Crippen LogP contribution is 2.26. The number of nitrogen functional groups attached to an aromatic ring is 1. The fraction of sp³-hybridized carbons (Fsp3) is 0.267. The zero-order valence-corrected chi connectivity index (χ0v) is 11.6. The number of benzene rings is 1. The number of anilines is 1. The molecule has 0 atom stereocenters. The van der Waals surface area contributed by atoms with Gasteiger partial charge in [-0.3, -0.25) is 4.90 Å². The summed E-state index contributed by atoms with van der Waals surface area (Å²) in [6.45, 7) is 3.02. The van der Waals surface area contributed by atoms with Crippen LogP contribution in [0.25, 0.3) is 6.08 Å². The van der Waals surface area contributed by atoms with Gasteiger partial charge in [0, 0.05) is 30.9 Å². The highest BCUT2D eigenvalue weighted by molar-refractivity contribution is 7.15. The molecule has 2 aromatic rings. The van der Waals surface area contributed by atoms with Gasteiger partial charge in [0.2, 0.25) is 0 Å². The second kappa shape index (κ2) is 5.55. The Bertz CT molecular complexity index is 574. The van der Waals surface area contributed by atoms with Crippen LogP contribution in [0.5, 0.6) is 0 Å². The molecule has 1 aromatic carbocycles. The molecule has 0 fully saturated rings. The lowest BCUT2D eigenvalue weighted by molar-refractivity contribution is 0.284. The van der Waals surface area contributed by atoms with E-state index in [2.05, 4.69) is 46.3 Å². The van der Waals surface area contributed by atoms with Crippen molar-refractivity contribution in [1.82, 2.24) is 9.88 Å². The zero-order valence-electron chi connectivity index (χ0n) is 10.7. The van der Waals surface area contributed by atoms with E-state index in [4.69, 9.17) is 5.73 Å². The Hall–Kier alpha value is -1.65. The van der Waals surface area contributed by atoms with Crippen LogP contribution in [-0.4, -0.2) is 23.0 Å². The molecule has 2 heterocycles. The average Bonchev–Trinajstić information content (AvgIpc) is 2.79. The molecule has 0 radical (unpaired) electrons. The van der Waals surface area contributed by atoms with E-state index in [0.717, 1.165) is 26.1 Å². The zero-order chi connectivity index (χ0) is 13.1. The molecule has 0 unspecified atom stereocenters. The molecule has 0 aliphatic carbocycles. The minimum absolute atomic E-state index is 0.701. The number of hydrogen-bond donors (Lipinski definition) is 1. The van der Waals surface area contributed by atoms with Crippen LogP contribution in [0.15, 0.2) is 36.4 Å². The minimum atomic E-state index is 0.701. The molecule has 0 saturated heterocycles. The van der Waals surface area contributed by atoms with Gasteiger partial charge in [0.05, 0.1) is 5.69 Å². The topological polar surface area (TPSA) is 42.1 Å². The first-order valence-electron chi connectivity index (χ1n) is 6.49. The van der Waals surface area contributed by atoms with E-state index in [1.54, 1.807) is 11.3 Å². The Kier molecular flexibility index (Phi) is 3.62. The van der Waals surface area contributed by atoms with Gasteiger partial charge in [-0.2, -0.15) is 0 Å². The van der Waals surface area contributed by atoms with E-state index < -0.39 is 0 Å². The standard InChI is InChI=1S/C15H17N3S/c16-15-17-13-8-10-18(11-14(13)19-15)9-4-7-12-5-2-1-3-6-12/h1-7H,8-11H2,(H2,16,17)/b7-4-. The molecule has 1 aliphatic rings. The third-order valence-corrected chi connectivity index (χ3v) is 4.21. The first kappa shape index (κ1) is 12.4. The van der Waals surface area contributed by atoms with E-state index in [0.29, 0.717) is 5.13 Å². The van der Waals surface area contributed by atoms with E-state index >= 15 is 0 Å². The third-order valence-electron chi connectivity index (χ3n) is 3.30. The molecule has 1 aliphatic heterocycles. The van der Waals surface area contributed by atoms with Crippen molar-refractivity contribution in [3.05, 3.63) is 52.5 Å². The van der Waals surface area contributed by atoms with Crippen molar-refractivity contribution in [3.8, 4) is 0 Å². The van der Waals surface area contributed by atoms with Crippen molar-refractivity contribution >= 4 is 22.5 Å². The molecule has 3 rings (SSSR count). The number of nitrogens with two attached hydrogens (primary N) is 1. The van der Waals surface area contributed by atoms with Gasteiger partial charge >= 0.3 is 0 Å². The lowest BCUT2D eigenvalue weighted by Crippen LogP contribution is -2.29. The van der Waals surface area contributed by atoms with Crippen LogP contribution in [0, 0.1) is 0 Å². The number of rotatable bonds is 3. The monoisotopic (exact) mass is 271 g/mol. The Balaban J connectivity index is 1.59. The van der Waals surface area contributed by atoms with E-state index in [9.17, 15) is 0 Å². The van der Waals surface area contributed by atoms with Gasteiger partial charge in [0.1, 0.15) is 0 Å². The smallest absolute Gasteiger partial charge is 0.180 e. The minimum Gasteiger partial charge on any atom is -0.375 e. The van der Waals surface area contributed by atoms with Gasteiger partial charge in [-0.05, 0) is 5.56 Å². The molecule has 1 aromatic heterocycles. The summed E-state index contributed by atoms with van der Waals surface area (Å²) in [7, 11) is 0. The molecule has 0 spiro atoms. The van der Waals surface area contributed by atoms with Crippen molar-refractivity contribution in [2.24, 2.45) is 0 Å². The Labute approximate surface area is 117 Å². The predicted octanol–water partition coefficient (Wildman–Crippen LogP) is 2.80. The maximum absolute atomic E-state index is 5.75. The Morgan fingerprint density at radius 2 is 2.16 bits per heavy atom. The second-order valence-electron chi connectivity index (χ2n) is 4.72. The molecule has 19 heavy (non-hydrogen) atoms. The normalized spacial score (nSPS) is 15.8. The number of thiazole rings is 1. The fourth-order valence-corrected chi connectivity index (χ4v) is 3.25. The van der Waals surface area contributed by atoms with Crippen LogP contribution in [0.4, 0.5) is 5.13 Å². The number of aromatic nitrogens is 1. The summed E-state index contributed by atoms with van der Waals surface area (Å²) in [5.74, 6) is 0. The van der Waals surface area contributed by atoms with Gasteiger partial charge in [-0.15, -0.1) is 11.3 Å². The van der Waals surface area contributed by atoms with E-state index in [1.165, 1.54) is 16.1 Å². The molecular formula is C15H17N3S. The molecule has 0 amide bonds. The van der Waals surface area contributed by atoms with Crippen LogP contribution >= 0.6 is 11.3 Å². The molecule has 98 valence electrons. The molecule has 4 heteroatoms. The summed E-state index contributed by atoms with van der Waals surface area (Å²) >= 11 is 1.62. The first-order chi connectivity index (χ1) is 9.31. The van der Waals surface area contributed by atoms with E-state index in [1.807, 2.05) is 6.07 Å². The highest BCUT2D eigenvalue weighted by atomic mass is 32.1. The maximum Gasteiger partial charge on any atom is 0.180 e. The average molecular weight is 271 g/mol. The lowest BCUT2D eigenvalue weighted by atomic mass is 10.1.